The van der Waals surface area contributed by atoms with Crippen molar-refractivity contribution in [1.29, 1.82) is 0 Å². The van der Waals surface area contributed by atoms with E-state index < -0.39 is 12.0 Å². The summed E-state index contributed by atoms with van der Waals surface area (Å²) in [5, 5.41) is 6.58. The molecule has 0 aliphatic rings. The Morgan fingerprint density at radius 2 is 2.00 bits per heavy atom. The Morgan fingerprint density at radius 3 is 2.62 bits per heavy atom. The molecule has 154 valence electrons. The molecule has 1 aromatic carbocycles. The van der Waals surface area contributed by atoms with Crippen molar-refractivity contribution in [2.45, 2.75) is 32.9 Å². The van der Waals surface area contributed by atoms with Crippen LogP contribution in [0.4, 0.5) is 18.9 Å². The molecule has 0 fully saturated rings. The molecule has 0 saturated heterocycles. The first-order valence-electron chi connectivity index (χ1n) is 8.53. The lowest BCUT2D eigenvalue weighted by Crippen LogP contribution is -2.14. The van der Waals surface area contributed by atoms with Gasteiger partial charge in [0.25, 0.3) is 11.6 Å². The summed E-state index contributed by atoms with van der Waals surface area (Å²) in [6, 6.07) is 4.85. The fourth-order valence-corrected chi connectivity index (χ4v) is 3.15. The third kappa shape index (κ3) is 4.42. The summed E-state index contributed by atoms with van der Waals surface area (Å²) in [6.45, 7) is 3.28. The predicted molar refractivity (Wildman–Crippen MR) is 100 cm³/mol. The summed E-state index contributed by atoms with van der Waals surface area (Å²) in [6.07, 6.45) is -4.29. The number of fused-ring (bicyclic) bond motifs is 1. The zero-order valence-electron chi connectivity index (χ0n) is 15.8. The van der Waals surface area contributed by atoms with E-state index in [0.29, 0.717) is 33.4 Å². The number of carbonyl (C=O) groups is 1. The number of benzene rings is 1. The van der Waals surface area contributed by atoms with Crippen LogP contribution >= 0.6 is 11.6 Å². The highest BCUT2D eigenvalue weighted by Gasteiger charge is 2.36. The van der Waals surface area contributed by atoms with Gasteiger partial charge in [-0.15, -0.1) is 5.10 Å². The minimum atomic E-state index is -4.66. The number of hydrogen-bond donors (Lipinski definition) is 1. The second kappa shape index (κ2) is 7.86. The normalized spacial score (nSPS) is 11.7. The van der Waals surface area contributed by atoms with Crippen molar-refractivity contribution in [3.8, 4) is 5.75 Å². The van der Waals surface area contributed by atoms with Gasteiger partial charge in [-0.05, 0) is 44.0 Å². The molecule has 0 saturated carbocycles. The van der Waals surface area contributed by atoms with Crippen molar-refractivity contribution >= 4 is 29.0 Å². The van der Waals surface area contributed by atoms with Gasteiger partial charge < -0.3 is 10.1 Å². The van der Waals surface area contributed by atoms with Crippen molar-refractivity contribution in [2.24, 2.45) is 0 Å². The molecular formula is C18H17ClF3N5O2. The molecule has 3 aromatic rings. The van der Waals surface area contributed by atoms with Gasteiger partial charge in [0.15, 0.2) is 0 Å². The van der Waals surface area contributed by atoms with Crippen molar-refractivity contribution in [3.63, 3.8) is 0 Å². The highest BCUT2D eigenvalue weighted by atomic mass is 35.5. The third-order valence-electron chi connectivity index (χ3n) is 4.34. The molecule has 0 radical (unpaired) electrons. The van der Waals surface area contributed by atoms with Crippen LogP contribution in [0.5, 0.6) is 5.75 Å². The van der Waals surface area contributed by atoms with E-state index in [0.717, 1.165) is 4.52 Å². The minimum absolute atomic E-state index is 0.0966. The third-order valence-corrected chi connectivity index (χ3v) is 4.64. The van der Waals surface area contributed by atoms with Gasteiger partial charge in [-0.25, -0.2) is 9.50 Å². The standard InChI is InChI=1S/C18H17ClF3N5O2/c1-9-12(10(2)27-17(23-9)25-16(26-27)18(20,21)22)5-7-15(28)24-11-4-6-14(29-3)13(19)8-11/h4,6,8H,5,7H2,1-3H3,(H,24,28). The minimum Gasteiger partial charge on any atom is -0.495 e. The highest BCUT2D eigenvalue weighted by molar-refractivity contribution is 6.32. The fourth-order valence-electron chi connectivity index (χ4n) is 2.90. The van der Waals surface area contributed by atoms with Gasteiger partial charge in [0.1, 0.15) is 5.75 Å². The van der Waals surface area contributed by atoms with E-state index >= 15 is 0 Å². The molecule has 2 heterocycles. The lowest BCUT2D eigenvalue weighted by atomic mass is 10.1. The molecule has 0 spiro atoms. The maximum atomic E-state index is 12.9. The average Bonchev–Trinajstić information content (AvgIpc) is 3.06. The lowest BCUT2D eigenvalue weighted by molar-refractivity contribution is -0.144. The Balaban J connectivity index is 1.76. The maximum Gasteiger partial charge on any atom is 0.453 e. The van der Waals surface area contributed by atoms with E-state index in [2.05, 4.69) is 20.4 Å². The van der Waals surface area contributed by atoms with E-state index in [1.54, 1.807) is 32.0 Å². The number of halogens is 4. The lowest BCUT2D eigenvalue weighted by Gasteiger charge is -2.11. The molecule has 3 rings (SSSR count). The van der Waals surface area contributed by atoms with Crippen molar-refractivity contribution in [2.75, 3.05) is 12.4 Å². The Kier molecular flexibility index (Phi) is 5.65. The number of methoxy groups -OCH3 is 1. The number of ether oxygens (including phenoxy) is 1. The zero-order chi connectivity index (χ0) is 21.3. The summed E-state index contributed by atoms with van der Waals surface area (Å²) in [5.74, 6) is -1.17. The van der Waals surface area contributed by atoms with E-state index in [1.165, 1.54) is 7.11 Å². The second-order valence-electron chi connectivity index (χ2n) is 6.30. The van der Waals surface area contributed by atoms with Crippen LogP contribution in [-0.4, -0.2) is 32.6 Å². The number of anilines is 1. The maximum absolute atomic E-state index is 12.9. The number of amides is 1. The molecule has 2 aromatic heterocycles. The molecule has 1 amide bonds. The Hall–Kier alpha value is -2.88. The zero-order valence-corrected chi connectivity index (χ0v) is 16.5. The smallest absolute Gasteiger partial charge is 0.453 e. The van der Waals surface area contributed by atoms with Gasteiger partial charge in [-0.3, -0.25) is 4.79 Å². The molecule has 0 aliphatic heterocycles. The molecule has 0 aliphatic carbocycles. The van der Waals surface area contributed by atoms with E-state index in [1.807, 2.05) is 0 Å². The first-order valence-corrected chi connectivity index (χ1v) is 8.91. The summed E-state index contributed by atoms with van der Waals surface area (Å²) in [4.78, 5) is 19.8. The molecular weight excluding hydrogens is 411 g/mol. The number of nitrogens with zero attached hydrogens (tertiary/aromatic N) is 4. The van der Waals surface area contributed by atoms with Gasteiger partial charge in [-0.2, -0.15) is 18.2 Å². The topological polar surface area (TPSA) is 81.4 Å². The molecule has 0 bridgehead atoms. The fraction of sp³-hybridized carbons (Fsp3) is 0.333. The van der Waals surface area contributed by atoms with Crippen molar-refractivity contribution in [1.82, 2.24) is 19.6 Å². The van der Waals surface area contributed by atoms with Crippen molar-refractivity contribution in [3.05, 3.63) is 46.0 Å². The second-order valence-corrected chi connectivity index (χ2v) is 6.71. The van der Waals surface area contributed by atoms with E-state index in [-0.39, 0.29) is 24.5 Å². The quantitative estimate of drug-likeness (QED) is 0.665. The van der Waals surface area contributed by atoms with Crippen LogP contribution < -0.4 is 10.1 Å². The Morgan fingerprint density at radius 1 is 1.28 bits per heavy atom. The summed E-state index contributed by atoms with van der Waals surface area (Å²) < 4.78 is 44.7. The van der Waals surface area contributed by atoms with Crippen LogP contribution in [0.3, 0.4) is 0 Å². The number of aryl methyl sites for hydroxylation is 2. The molecule has 29 heavy (non-hydrogen) atoms. The number of alkyl halides is 3. The van der Waals surface area contributed by atoms with Crippen LogP contribution in [0.2, 0.25) is 5.02 Å². The molecule has 7 nitrogen and oxygen atoms in total. The van der Waals surface area contributed by atoms with Crippen LogP contribution in [0.25, 0.3) is 5.78 Å². The largest absolute Gasteiger partial charge is 0.495 e. The molecule has 11 heteroatoms. The molecule has 0 unspecified atom stereocenters. The number of carbonyl (C=O) groups excluding carboxylic acids is 1. The number of nitrogens with one attached hydrogen (secondary N) is 1. The number of rotatable bonds is 5. The first kappa shape index (κ1) is 20.8. The number of hydrogen-bond acceptors (Lipinski definition) is 5. The van der Waals surface area contributed by atoms with Crippen LogP contribution in [0.1, 0.15) is 29.2 Å². The predicted octanol–water partition coefficient (Wildman–Crippen LogP) is 3.99. The van der Waals surface area contributed by atoms with Gasteiger partial charge in [0.05, 0.1) is 12.1 Å². The summed E-state index contributed by atoms with van der Waals surface area (Å²) >= 11 is 6.04. The van der Waals surface area contributed by atoms with Crippen LogP contribution in [0, 0.1) is 13.8 Å². The Labute approximate surface area is 168 Å². The highest BCUT2D eigenvalue weighted by Crippen LogP contribution is 2.28. The molecule has 0 atom stereocenters. The number of aromatic nitrogens is 4. The van der Waals surface area contributed by atoms with Crippen molar-refractivity contribution < 1.29 is 22.7 Å². The van der Waals surface area contributed by atoms with E-state index in [9.17, 15) is 18.0 Å². The van der Waals surface area contributed by atoms with Crippen LogP contribution in [0.15, 0.2) is 18.2 Å². The van der Waals surface area contributed by atoms with Crippen LogP contribution in [-0.2, 0) is 17.4 Å². The van der Waals surface area contributed by atoms with Gasteiger partial charge in [-0.1, -0.05) is 11.6 Å². The van der Waals surface area contributed by atoms with Gasteiger partial charge in [0.2, 0.25) is 5.91 Å². The van der Waals surface area contributed by atoms with Gasteiger partial charge >= 0.3 is 6.18 Å². The summed E-state index contributed by atoms with van der Waals surface area (Å²) in [7, 11) is 1.49. The SMILES string of the molecule is COc1ccc(NC(=O)CCc2c(C)nc3nc(C(F)(F)F)nn3c2C)cc1Cl. The molecule has 1 N–H and O–H groups in total. The van der Waals surface area contributed by atoms with E-state index in [4.69, 9.17) is 16.3 Å². The van der Waals surface area contributed by atoms with Gasteiger partial charge in [0, 0.05) is 23.5 Å². The monoisotopic (exact) mass is 427 g/mol. The Bertz CT molecular complexity index is 1080. The summed E-state index contributed by atoms with van der Waals surface area (Å²) in [5.41, 5.74) is 2.10. The first-order chi connectivity index (χ1) is 13.6. The average molecular weight is 428 g/mol.